The number of alkyl halides is 6. The van der Waals surface area contributed by atoms with Crippen LogP contribution < -0.4 is 4.74 Å². The topological polar surface area (TPSA) is 9.23 Å². The van der Waals surface area contributed by atoms with E-state index in [1.807, 2.05) is 0 Å². The van der Waals surface area contributed by atoms with E-state index in [2.05, 4.69) is 4.74 Å². The zero-order chi connectivity index (χ0) is 15.5. The maximum atomic E-state index is 13.2. The summed E-state index contributed by atoms with van der Waals surface area (Å²) in [6, 6.07) is 10.5. The minimum atomic E-state index is -5.41. The van der Waals surface area contributed by atoms with Crippen molar-refractivity contribution in [3.63, 3.8) is 0 Å². The Morgan fingerprint density at radius 3 is 2.00 bits per heavy atom. The fraction of sp³-hybridized carbons (Fsp3) is 0.286. The first-order chi connectivity index (χ1) is 9.69. The molecule has 0 atom stereocenters. The van der Waals surface area contributed by atoms with E-state index in [0.29, 0.717) is 10.8 Å². The highest BCUT2D eigenvalue weighted by molar-refractivity contribution is 5.88. The molecule has 1 saturated carbocycles. The van der Waals surface area contributed by atoms with Gasteiger partial charge in [0.25, 0.3) is 0 Å². The quantitative estimate of drug-likeness (QED) is 0.742. The van der Waals surface area contributed by atoms with Gasteiger partial charge in [-0.15, -0.1) is 0 Å². The van der Waals surface area contributed by atoms with Crippen LogP contribution >= 0.6 is 0 Å². The van der Waals surface area contributed by atoms with Crippen LogP contribution in [0.3, 0.4) is 0 Å². The maximum absolute atomic E-state index is 13.2. The fourth-order valence-electron chi connectivity index (χ4n) is 2.27. The van der Waals surface area contributed by atoms with Gasteiger partial charge in [0, 0.05) is 5.39 Å². The smallest absolute Gasteiger partial charge is 0.380 e. The summed E-state index contributed by atoms with van der Waals surface area (Å²) in [5.74, 6) is -15.5. The summed E-state index contributed by atoms with van der Waals surface area (Å²) in [5, 5.41) is 0.856. The van der Waals surface area contributed by atoms with Gasteiger partial charge in [-0.1, -0.05) is 36.4 Å². The van der Waals surface area contributed by atoms with Crippen molar-refractivity contribution in [3.8, 4) is 5.75 Å². The van der Waals surface area contributed by atoms with Crippen molar-refractivity contribution in [2.45, 2.75) is 23.9 Å². The van der Waals surface area contributed by atoms with E-state index in [1.165, 1.54) is 18.2 Å². The summed E-state index contributed by atoms with van der Waals surface area (Å²) in [4.78, 5) is 0. The normalized spacial score (nSPS) is 22.8. The molecule has 0 saturated heterocycles. The third kappa shape index (κ3) is 1.66. The van der Waals surface area contributed by atoms with Gasteiger partial charge in [0.15, 0.2) is 0 Å². The lowest BCUT2D eigenvalue weighted by atomic mass is 9.80. The van der Waals surface area contributed by atoms with Crippen molar-refractivity contribution in [2.75, 3.05) is 0 Å². The van der Waals surface area contributed by atoms with Crippen LogP contribution in [0.25, 0.3) is 10.8 Å². The van der Waals surface area contributed by atoms with Crippen LogP contribution in [-0.2, 0) is 0 Å². The third-order valence-corrected chi connectivity index (χ3v) is 3.49. The molecule has 0 aliphatic heterocycles. The van der Waals surface area contributed by atoms with Gasteiger partial charge in [0.05, 0.1) is 0 Å². The first kappa shape index (κ1) is 14.0. The molecule has 3 rings (SSSR count). The highest BCUT2D eigenvalue weighted by Crippen LogP contribution is 2.62. The molecule has 0 unspecified atom stereocenters. The van der Waals surface area contributed by atoms with Crippen molar-refractivity contribution in [1.29, 1.82) is 0 Å². The number of hydrogen-bond acceptors (Lipinski definition) is 1. The summed E-state index contributed by atoms with van der Waals surface area (Å²) < 4.78 is 82.9. The molecule has 0 spiro atoms. The van der Waals surface area contributed by atoms with Crippen LogP contribution in [0.5, 0.6) is 5.75 Å². The number of rotatable bonds is 2. The summed E-state index contributed by atoms with van der Waals surface area (Å²) in [6.45, 7) is 0. The van der Waals surface area contributed by atoms with Crippen LogP contribution in [0.2, 0.25) is 0 Å². The van der Waals surface area contributed by atoms with Gasteiger partial charge in [-0.25, -0.2) is 0 Å². The highest BCUT2D eigenvalue weighted by Gasteiger charge is 2.92. The van der Waals surface area contributed by atoms with E-state index in [4.69, 9.17) is 0 Å². The number of fused-ring (bicyclic) bond motifs is 1. The minimum Gasteiger partial charge on any atom is -0.477 e. The summed E-state index contributed by atoms with van der Waals surface area (Å²) >= 11 is 0. The fourth-order valence-corrected chi connectivity index (χ4v) is 2.27. The molecule has 1 fully saturated rings. The molecule has 0 bridgehead atoms. The molecule has 1 aliphatic carbocycles. The Hall–Kier alpha value is -1.92. The minimum absolute atomic E-state index is 0.284. The molecule has 0 radical (unpaired) electrons. The SMILES string of the molecule is FC1(F)C(Oc2cccc3ccccc23)C(F)(F)C1(F)F. The standard InChI is InChI=1S/C14H8F6O/c15-12(16)11(13(17,18)14(12,19)20)21-10-7-3-5-8-4-1-2-6-9(8)10/h1-7,11H. The van der Waals surface area contributed by atoms with Crippen molar-refractivity contribution >= 4 is 10.8 Å². The number of benzene rings is 2. The summed E-state index contributed by atoms with van der Waals surface area (Å²) in [7, 11) is 0. The molecule has 21 heavy (non-hydrogen) atoms. The number of halogens is 6. The van der Waals surface area contributed by atoms with E-state index >= 15 is 0 Å². The molecule has 7 heteroatoms. The Bertz CT molecular complexity index is 673. The average Bonchev–Trinajstić information content (AvgIpc) is 2.43. The lowest BCUT2D eigenvalue weighted by Crippen LogP contribution is -2.79. The molecule has 112 valence electrons. The second-order valence-corrected chi connectivity index (χ2v) is 4.80. The van der Waals surface area contributed by atoms with Gasteiger partial charge in [0.1, 0.15) is 5.75 Å². The molecule has 1 aliphatic rings. The molecule has 2 aromatic rings. The van der Waals surface area contributed by atoms with Crippen molar-refractivity contribution < 1.29 is 31.1 Å². The van der Waals surface area contributed by atoms with Crippen molar-refractivity contribution in [3.05, 3.63) is 42.5 Å². The van der Waals surface area contributed by atoms with E-state index in [9.17, 15) is 26.3 Å². The number of hydrogen-bond donors (Lipinski definition) is 0. The summed E-state index contributed by atoms with van der Waals surface area (Å²) in [5.41, 5.74) is 0. The van der Waals surface area contributed by atoms with E-state index < -0.39 is 23.9 Å². The Morgan fingerprint density at radius 2 is 1.33 bits per heavy atom. The predicted molar refractivity (Wildman–Crippen MR) is 63.2 cm³/mol. The van der Waals surface area contributed by atoms with Crippen LogP contribution in [0.4, 0.5) is 26.3 Å². The Kier molecular flexibility index (Phi) is 2.71. The number of ether oxygens (including phenoxy) is 1. The molecule has 0 aromatic heterocycles. The second kappa shape index (κ2) is 4.05. The maximum Gasteiger partial charge on any atom is 0.380 e. The van der Waals surface area contributed by atoms with E-state index in [0.717, 1.165) is 0 Å². The second-order valence-electron chi connectivity index (χ2n) is 4.80. The highest BCUT2D eigenvalue weighted by atomic mass is 19.4. The molecule has 0 heterocycles. The van der Waals surface area contributed by atoms with Gasteiger partial charge < -0.3 is 4.74 Å². The average molecular weight is 306 g/mol. The third-order valence-electron chi connectivity index (χ3n) is 3.49. The van der Waals surface area contributed by atoms with Crippen molar-refractivity contribution in [2.24, 2.45) is 0 Å². The largest absolute Gasteiger partial charge is 0.477 e. The van der Waals surface area contributed by atoms with E-state index in [1.54, 1.807) is 24.3 Å². The first-order valence-corrected chi connectivity index (χ1v) is 5.97. The zero-order valence-electron chi connectivity index (χ0n) is 10.3. The van der Waals surface area contributed by atoms with Gasteiger partial charge >= 0.3 is 17.8 Å². The Labute approximate surface area is 115 Å². The molecular weight excluding hydrogens is 298 g/mol. The van der Waals surface area contributed by atoms with Crippen LogP contribution in [0.1, 0.15) is 0 Å². The van der Waals surface area contributed by atoms with Crippen LogP contribution in [-0.4, -0.2) is 23.9 Å². The Balaban J connectivity index is 2.00. The predicted octanol–water partition coefficient (Wildman–Crippen LogP) is 4.51. The van der Waals surface area contributed by atoms with Gasteiger partial charge in [0.2, 0.25) is 6.10 Å². The van der Waals surface area contributed by atoms with Gasteiger partial charge in [-0.2, -0.15) is 26.3 Å². The van der Waals surface area contributed by atoms with E-state index in [-0.39, 0.29) is 5.75 Å². The lowest BCUT2D eigenvalue weighted by Gasteiger charge is -2.49. The van der Waals surface area contributed by atoms with Crippen LogP contribution in [0.15, 0.2) is 42.5 Å². The first-order valence-electron chi connectivity index (χ1n) is 5.97. The zero-order valence-corrected chi connectivity index (χ0v) is 10.3. The van der Waals surface area contributed by atoms with Crippen molar-refractivity contribution in [1.82, 2.24) is 0 Å². The lowest BCUT2D eigenvalue weighted by molar-refractivity contribution is -0.440. The molecule has 0 N–H and O–H groups in total. The van der Waals surface area contributed by atoms with Gasteiger partial charge in [-0.05, 0) is 11.5 Å². The molecule has 2 aromatic carbocycles. The molecular formula is C14H8F6O. The monoisotopic (exact) mass is 306 g/mol. The molecule has 1 nitrogen and oxygen atoms in total. The molecule has 0 amide bonds. The Morgan fingerprint density at radius 1 is 0.762 bits per heavy atom. The summed E-state index contributed by atoms with van der Waals surface area (Å²) in [6.07, 6.45) is -3.19. The van der Waals surface area contributed by atoms with Gasteiger partial charge in [-0.3, -0.25) is 0 Å². The van der Waals surface area contributed by atoms with Crippen LogP contribution in [0, 0.1) is 0 Å².